The highest BCUT2D eigenvalue weighted by atomic mass is 16.3. The van der Waals surface area contributed by atoms with Crippen LogP contribution >= 0.6 is 0 Å². The summed E-state index contributed by atoms with van der Waals surface area (Å²) in [5.74, 6) is -0.561. The molecule has 0 unspecified atom stereocenters. The van der Waals surface area contributed by atoms with Crippen LogP contribution < -0.4 is 10.6 Å². The molecule has 0 spiro atoms. The molecular weight excluding hydrogens is 426 g/mol. The largest absolute Gasteiger partial charge is 0.507 e. The van der Waals surface area contributed by atoms with Crippen molar-refractivity contribution in [3.63, 3.8) is 0 Å². The zero-order valence-corrected chi connectivity index (χ0v) is 18.6. The first-order valence-electron chi connectivity index (χ1n) is 11.1. The van der Waals surface area contributed by atoms with Crippen LogP contribution in [0.1, 0.15) is 34.0 Å². The van der Waals surface area contributed by atoms with E-state index in [0.717, 1.165) is 33.2 Å². The molecule has 0 aromatic heterocycles. The number of carbonyl (C=O) groups excluding carboxylic acids is 2. The minimum Gasteiger partial charge on any atom is -0.507 e. The maximum atomic E-state index is 12.8. The van der Waals surface area contributed by atoms with Crippen molar-refractivity contribution < 1.29 is 14.7 Å². The summed E-state index contributed by atoms with van der Waals surface area (Å²) in [5.41, 5.74) is 4.82. The van der Waals surface area contributed by atoms with Gasteiger partial charge in [0, 0.05) is 22.2 Å². The van der Waals surface area contributed by atoms with Gasteiger partial charge in [-0.1, -0.05) is 67.6 Å². The Morgan fingerprint density at radius 2 is 1.79 bits per heavy atom. The summed E-state index contributed by atoms with van der Waals surface area (Å²) >= 11 is 0. The first-order valence-corrected chi connectivity index (χ1v) is 11.1. The van der Waals surface area contributed by atoms with Crippen molar-refractivity contribution in [3.8, 4) is 5.75 Å². The molecule has 168 valence electrons. The van der Waals surface area contributed by atoms with Gasteiger partial charge in [0.15, 0.2) is 0 Å². The van der Waals surface area contributed by atoms with E-state index < -0.39 is 0 Å². The van der Waals surface area contributed by atoms with Gasteiger partial charge >= 0.3 is 0 Å². The van der Waals surface area contributed by atoms with Crippen LogP contribution in [0, 0.1) is 0 Å². The molecule has 6 nitrogen and oxygen atoms in total. The molecule has 5 rings (SSSR count). The standard InChI is InChI=1S/C28H23N3O3/c1-2-17-7-5-9-23(32)25(17)28(34)30-20-13-10-19(11-14-20)26-22-15-12-18-6-3-4-8-21(18)27(22)31-24(33)16-29-26/h3-15,32H,2,16H2,1H3,(H,30,34)(H,31,33). The highest BCUT2D eigenvalue weighted by molar-refractivity contribution is 6.23. The molecule has 4 aromatic carbocycles. The summed E-state index contributed by atoms with van der Waals surface area (Å²) in [7, 11) is 0. The third kappa shape index (κ3) is 3.90. The molecule has 0 atom stereocenters. The summed E-state index contributed by atoms with van der Waals surface area (Å²) in [4.78, 5) is 29.8. The number of amides is 2. The molecular formula is C28H23N3O3. The van der Waals surface area contributed by atoms with E-state index in [1.54, 1.807) is 18.2 Å². The van der Waals surface area contributed by atoms with Gasteiger partial charge in [0.05, 0.1) is 17.0 Å². The minimum atomic E-state index is -0.360. The highest BCUT2D eigenvalue weighted by Gasteiger charge is 2.20. The van der Waals surface area contributed by atoms with Gasteiger partial charge in [0.2, 0.25) is 5.91 Å². The summed E-state index contributed by atoms with van der Waals surface area (Å²) in [6.45, 7) is 1.97. The number of benzene rings is 4. The quantitative estimate of drug-likeness (QED) is 0.402. The number of aryl methyl sites for hydroxylation is 1. The summed E-state index contributed by atoms with van der Waals surface area (Å²) < 4.78 is 0. The molecule has 34 heavy (non-hydrogen) atoms. The molecule has 0 aliphatic carbocycles. The smallest absolute Gasteiger partial charge is 0.259 e. The first kappa shape index (κ1) is 21.4. The Labute approximate surface area is 197 Å². The van der Waals surface area contributed by atoms with Crippen molar-refractivity contribution in [3.05, 3.63) is 101 Å². The second kappa shape index (κ2) is 8.83. The topological polar surface area (TPSA) is 90.8 Å². The van der Waals surface area contributed by atoms with Gasteiger partial charge in [-0.2, -0.15) is 0 Å². The Morgan fingerprint density at radius 1 is 1.00 bits per heavy atom. The Morgan fingerprint density at radius 3 is 2.59 bits per heavy atom. The lowest BCUT2D eigenvalue weighted by Gasteiger charge is -2.14. The average Bonchev–Trinajstić information content (AvgIpc) is 3.02. The zero-order chi connectivity index (χ0) is 23.7. The van der Waals surface area contributed by atoms with Crippen molar-refractivity contribution in [2.45, 2.75) is 13.3 Å². The Bertz CT molecular complexity index is 1460. The lowest BCUT2D eigenvalue weighted by molar-refractivity contribution is -0.114. The molecule has 0 saturated heterocycles. The second-order valence-corrected chi connectivity index (χ2v) is 8.12. The van der Waals surface area contributed by atoms with Gasteiger partial charge in [-0.25, -0.2) is 0 Å². The van der Waals surface area contributed by atoms with E-state index in [9.17, 15) is 14.7 Å². The number of nitrogens with zero attached hydrogens (tertiary/aromatic N) is 1. The molecule has 6 heteroatoms. The lowest BCUT2D eigenvalue weighted by Crippen LogP contribution is -2.14. The highest BCUT2D eigenvalue weighted by Crippen LogP contribution is 2.31. The average molecular weight is 450 g/mol. The Balaban J connectivity index is 1.47. The molecule has 0 radical (unpaired) electrons. The van der Waals surface area contributed by atoms with E-state index in [1.165, 1.54) is 6.07 Å². The molecule has 2 amide bonds. The number of aliphatic imine (C=N–C) groups is 1. The van der Waals surface area contributed by atoms with Crippen LogP contribution in [-0.2, 0) is 11.2 Å². The predicted molar refractivity (Wildman–Crippen MR) is 135 cm³/mol. The van der Waals surface area contributed by atoms with Crippen LogP contribution in [0.15, 0.2) is 83.9 Å². The number of hydrogen-bond donors (Lipinski definition) is 3. The maximum Gasteiger partial charge on any atom is 0.259 e. The van der Waals surface area contributed by atoms with E-state index in [0.29, 0.717) is 17.8 Å². The van der Waals surface area contributed by atoms with Gasteiger partial charge in [-0.3, -0.25) is 14.6 Å². The number of phenols is 1. The van der Waals surface area contributed by atoms with E-state index >= 15 is 0 Å². The van der Waals surface area contributed by atoms with E-state index in [4.69, 9.17) is 0 Å². The SMILES string of the molecule is CCc1cccc(O)c1C(=O)Nc1ccc(C2=NCC(=O)Nc3c2ccc2ccccc32)cc1. The third-order valence-corrected chi connectivity index (χ3v) is 5.98. The number of nitrogens with one attached hydrogen (secondary N) is 2. The molecule has 0 saturated carbocycles. The van der Waals surface area contributed by atoms with Gasteiger partial charge in [0.25, 0.3) is 5.91 Å². The van der Waals surface area contributed by atoms with Crippen molar-refractivity contribution in [2.75, 3.05) is 17.2 Å². The van der Waals surface area contributed by atoms with Gasteiger partial charge in [-0.15, -0.1) is 0 Å². The maximum absolute atomic E-state index is 12.8. The molecule has 1 aliphatic rings. The summed E-state index contributed by atoms with van der Waals surface area (Å²) in [6, 6.07) is 24.3. The number of rotatable bonds is 4. The van der Waals surface area contributed by atoms with Gasteiger partial charge in [0.1, 0.15) is 12.3 Å². The van der Waals surface area contributed by atoms with Gasteiger partial charge < -0.3 is 15.7 Å². The van der Waals surface area contributed by atoms with Crippen molar-refractivity contribution in [1.29, 1.82) is 0 Å². The molecule has 1 heterocycles. The second-order valence-electron chi connectivity index (χ2n) is 8.12. The van der Waals surface area contributed by atoms with E-state index in [-0.39, 0.29) is 29.7 Å². The van der Waals surface area contributed by atoms with Crippen LogP contribution in [0.3, 0.4) is 0 Å². The first-order chi connectivity index (χ1) is 16.5. The number of carbonyl (C=O) groups is 2. The van der Waals surface area contributed by atoms with Crippen LogP contribution in [0.5, 0.6) is 5.75 Å². The molecule has 3 N–H and O–H groups in total. The fourth-order valence-corrected chi connectivity index (χ4v) is 4.31. The summed E-state index contributed by atoms with van der Waals surface area (Å²) in [5, 5.41) is 18.1. The molecule has 0 fully saturated rings. The van der Waals surface area contributed by atoms with E-state index in [2.05, 4.69) is 15.6 Å². The van der Waals surface area contributed by atoms with Gasteiger partial charge in [-0.05, 0) is 35.6 Å². The number of phenolic OH excluding ortho intramolecular Hbond substituents is 1. The Kier molecular flexibility index (Phi) is 5.55. The molecule has 1 aliphatic heterocycles. The predicted octanol–water partition coefficient (Wildman–Crippen LogP) is 5.15. The van der Waals surface area contributed by atoms with E-state index in [1.807, 2.05) is 61.5 Å². The minimum absolute atomic E-state index is 0.0317. The van der Waals surface area contributed by atoms with Crippen molar-refractivity contribution in [2.24, 2.45) is 4.99 Å². The zero-order valence-electron chi connectivity index (χ0n) is 18.6. The lowest BCUT2D eigenvalue weighted by atomic mass is 9.96. The van der Waals surface area contributed by atoms with Crippen LogP contribution in [0.4, 0.5) is 11.4 Å². The summed E-state index contributed by atoms with van der Waals surface area (Å²) in [6.07, 6.45) is 0.636. The van der Waals surface area contributed by atoms with Crippen LogP contribution in [0.2, 0.25) is 0 Å². The van der Waals surface area contributed by atoms with Crippen LogP contribution in [0.25, 0.3) is 10.8 Å². The molecule has 0 bridgehead atoms. The normalized spacial score (nSPS) is 13.0. The Hall–Kier alpha value is -4.45. The number of anilines is 2. The fourth-order valence-electron chi connectivity index (χ4n) is 4.31. The monoisotopic (exact) mass is 449 g/mol. The fraction of sp³-hybridized carbons (Fsp3) is 0.107. The number of hydrogen-bond acceptors (Lipinski definition) is 4. The third-order valence-electron chi connectivity index (χ3n) is 5.98. The van der Waals surface area contributed by atoms with Crippen LogP contribution in [-0.4, -0.2) is 29.2 Å². The van der Waals surface area contributed by atoms with Crippen molar-refractivity contribution >= 4 is 39.7 Å². The number of aromatic hydroxyl groups is 1. The van der Waals surface area contributed by atoms with Crippen molar-refractivity contribution in [1.82, 2.24) is 0 Å². The number of fused-ring (bicyclic) bond motifs is 3. The molecule has 4 aromatic rings.